The number of nitrogen functional groups attached to an aromatic ring is 1. The molecule has 8 amide bonds. The van der Waals surface area contributed by atoms with E-state index in [1.807, 2.05) is 72.9 Å². The number of aliphatic imine (C=N–C) groups is 1. The van der Waals surface area contributed by atoms with Gasteiger partial charge in [-0.3, -0.25) is 80.8 Å². The molecule has 20 N–H and O–H groups in total. The number of aliphatic hydroxyl groups is 1. The van der Waals surface area contributed by atoms with Gasteiger partial charge < -0.3 is 68.4 Å². The Hall–Kier alpha value is -11.9. The van der Waals surface area contributed by atoms with Gasteiger partial charge in [-0.15, -0.1) is 102 Å². The van der Waals surface area contributed by atoms with Gasteiger partial charge in [0.05, 0.1) is 70.5 Å². The molecule has 0 saturated heterocycles. The molecule has 0 bridgehead atoms. The third kappa shape index (κ3) is 21.9. The number of carbonyl (C=O) groups excluding carboxylic acids is 9. The number of thiophene rings is 9. The first kappa shape index (κ1) is 96.3. The van der Waals surface area contributed by atoms with Crippen LogP contribution < -0.4 is 59.1 Å². The highest BCUT2D eigenvalue weighted by atomic mass is 32.1. The number of amidine groups is 8. The molecule has 10 aromatic rings. The Morgan fingerprint density at radius 2 is 0.889 bits per heavy atom. The van der Waals surface area contributed by atoms with Crippen LogP contribution in [0.2, 0.25) is 0 Å². The van der Waals surface area contributed by atoms with E-state index in [0.29, 0.717) is 88.7 Å². The van der Waals surface area contributed by atoms with E-state index in [0.717, 1.165) is 133 Å². The molecule has 0 aliphatic carbocycles. The topological polar surface area (TPSA) is 580 Å². The van der Waals surface area contributed by atoms with Gasteiger partial charge >= 0.3 is 17.6 Å². The summed E-state index contributed by atoms with van der Waals surface area (Å²) in [5, 5.41) is 92.3. The fourth-order valence-electron chi connectivity index (χ4n) is 13.8. The van der Waals surface area contributed by atoms with Crippen LogP contribution in [0, 0.1) is 100 Å². The van der Waals surface area contributed by atoms with Gasteiger partial charge in [-0.1, -0.05) is 6.92 Å². The Labute approximate surface area is 757 Å². The summed E-state index contributed by atoms with van der Waals surface area (Å²) < 4.78 is 12.0. The Kier molecular flexibility index (Phi) is 30.7. The Balaban J connectivity index is 0.000000148. The van der Waals surface area contributed by atoms with Gasteiger partial charge in [0.25, 0.3) is 5.91 Å². The smallest absolute Gasteiger partial charge is 0.350 e. The third-order valence-corrected chi connectivity index (χ3v) is 30.6. The average molecular weight is 1880 g/mol. The molecule has 0 fully saturated rings. The van der Waals surface area contributed by atoms with Crippen molar-refractivity contribution in [3.05, 3.63) is 185 Å². The molecule has 43 heteroatoms. The van der Waals surface area contributed by atoms with Crippen LogP contribution in [-0.2, 0) is 114 Å². The Morgan fingerprint density at radius 3 is 1.35 bits per heavy atom. The number of carboxylic acid groups (broad SMARTS) is 1. The minimum absolute atomic E-state index is 0.00231. The van der Waals surface area contributed by atoms with Crippen molar-refractivity contribution in [1.29, 1.82) is 37.9 Å². The van der Waals surface area contributed by atoms with Gasteiger partial charge in [0, 0.05) is 121 Å². The molecule has 18 heterocycles. The number of hydrogen-bond acceptors (Lipinski definition) is 33. The number of aryl methyl sites for hydroxylation is 6. The monoisotopic (exact) mass is 1880 g/mol. The lowest BCUT2D eigenvalue weighted by atomic mass is 10.0. The molecule has 8 aliphatic heterocycles. The number of aromatic carboxylic acids is 1. The number of ether oxygens (including phenoxy) is 2. The molecular formula is C83H91N19O15S9. The first-order valence-corrected chi connectivity index (χ1v) is 46.0. The summed E-state index contributed by atoms with van der Waals surface area (Å²) in [7, 11) is 1.58. The molecule has 0 atom stereocenters. The number of fused-ring (bicyclic) bond motifs is 9. The maximum atomic E-state index is 12.1. The predicted octanol–water partition coefficient (Wildman–Crippen LogP) is 10.3. The average Bonchev–Trinajstić information content (AvgIpc) is 1.63. The number of esters is 1. The molecule has 662 valence electrons. The highest BCUT2D eigenvalue weighted by Crippen LogP contribution is 2.38. The normalized spacial score (nSPS) is 14.8. The van der Waals surface area contributed by atoms with Crippen molar-refractivity contribution >= 4 is 224 Å². The van der Waals surface area contributed by atoms with Crippen LogP contribution in [0.15, 0.2) is 33.4 Å². The molecule has 0 aromatic carbocycles. The molecule has 126 heavy (non-hydrogen) atoms. The molecule has 34 nitrogen and oxygen atoms in total. The first-order chi connectivity index (χ1) is 59.2. The first-order valence-electron chi connectivity index (χ1n) is 38.6. The van der Waals surface area contributed by atoms with Gasteiger partial charge in [-0.25, -0.2) is 14.4 Å². The summed E-state index contributed by atoms with van der Waals surface area (Å²) in [5.74, 6) is -0.626. The number of nitrogens with zero attached hydrogens (tertiary/aromatic N) is 3. The summed E-state index contributed by atoms with van der Waals surface area (Å²) in [4.78, 5) is 146. The van der Waals surface area contributed by atoms with Crippen molar-refractivity contribution in [2.24, 2.45) is 10.7 Å². The summed E-state index contributed by atoms with van der Waals surface area (Å²) in [6.45, 7) is 27.4. The molecule has 8 aliphatic rings. The van der Waals surface area contributed by atoms with E-state index in [1.54, 1.807) is 109 Å². The van der Waals surface area contributed by atoms with E-state index in [9.17, 15) is 52.7 Å². The number of anilines is 1. The Bertz CT molecular complexity index is 6290. The molecule has 0 saturated carbocycles. The second kappa shape index (κ2) is 40.1. The number of aromatic nitrogens is 2. The summed E-state index contributed by atoms with van der Waals surface area (Å²) in [5.41, 5.74) is 22.6. The fourth-order valence-corrected chi connectivity index (χ4v) is 23.9. The van der Waals surface area contributed by atoms with Gasteiger partial charge in [-0.05, 0) is 147 Å². The van der Waals surface area contributed by atoms with Crippen molar-refractivity contribution < 1.29 is 67.6 Å². The number of methoxy groups -OCH3 is 1. The molecule has 0 unspecified atom stereocenters. The van der Waals surface area contributed by atoms with E-state index in [2.05, 4.69) is 54.1 Å². The van der Waals surface area contributed by atoms with Crippen molar-refractivity contribution in [1.82, 2.24) is 46.8 Å². The van der Waals surface area contributed by atoms with E-state index >= 15 is 0 Å². The van der Waals surface area contributed by atoms with Crippen LogP contribution in [0.3, 0.4) is 0 Å². The zero-order valence-electron chi connectivity index (χ0n) is 71.0. The fraction of sp³-hybridized carbons (Fsp3) is 0.325. The second-order valence-electron chi connectivity index (χ2n) is 29.8. The maximum absolute atomic E-state index is 12.1. The van der Waals surface area contributed by atoms with Crippen LogP contribution >= 0.6 is 102 Å². The van der Waals surface area contributed by atoms with Crippen molar-refractivity contribution in [2.75, 3.05) is 12.8 Å². The third-order valence-electron chi connectivity index (χ3n) is 19.8. The number of aliphatic hydroxyl groups excluding tert-OH is 1. The maximum Gasteiger partial charge on any atom is 0.350 e. The summed E-state index contributed by atoms with van der Waals surface area (Å²) >= 11 is 13.2. The number of amides is 8. The van der Waals surface area contributed by atoms with Crippen LogP contribution in [0.1, 0.15) is 195 Å². The number of hydrogen-bond donors (Lipinski definition) is 18. The van der Waals surface area contributed by atoms with Crippen molar-refractivity contribution in [3.8, 4) is 5.06 Å². The lowest BCUT2D eigenvalue weighted by molar-refractivity contribution is -0.120. The minimum atomic E-state index is -1.01. The molecule has 0 spiro atoms. The standard InChI is InChI=1S/C13H16N2O3S.C10H13N3OS.C10H12N2OS.C9H8N2O3S.C9H10N2O2S.C9H10N2OS.C8H8N2O2S.C8H8N2OS.C7H6N2OS/c1-6-9-7(5-8(16)15-11(9)14)19-10(6)12(17)18-13(2,3)4;1-4-13-9-7(5(2)6(3)15-9)8(11)12-10(13)14;1-3-6-5(2)9-7(14-6)4-8(13)12-10(9)11;1-3-6-4(15-7(3)9(13)14)2-5(12)11-8(6)10;1-4-6(3-12)14-5-2-7(13)11-9(10)8(4)5;1-4-5(2)13-6-3-7(12)11-9(10)8(4)6;1-12-7-2-4-5(13-7)3-6(11)10-8(4)9;1-4-2-5-6(12-4)3-7(11)10-8(5)9;8-7-4-1-2-11-5(4)3-6(10)9-7/h5H2,1-4H3,(H2,14,15,16);4H2,1-3H3,(H2,11,12,14);3-4H2,1-2H3,(H2,11,12,13);2H2,1H3,(H,13,14)(H2,10,11,12);12H,2-3H2,1H3,(H2,10,11,13);3H2,1-2H3,(H2,10,11,12);2H,3H2,1H3,(H2,9,10,11);2H,3H2,1H3,(H2,9,10,11);1-2H,3H2,(H2,8,9,10). The number of nitrogens with one attached hydrogen (secondary N) is 14. The number of carbonyl (C=O) groups is 10. The quantitative estimate of drug-likeness (QED) is 0.0688. The van der Waals surface area contributed by atoms with Crippen molar-refractivity contribution in [2.45, 2.75) is 173 Å². The van der Waals surface area contributed by atoms with Gasteiger partial charge in [0.15, 0.2) is 5.06 Å². The number of nitrogens with two attached hydrogens (primary N) is 2. The zero-order chi connectivity index (χ0) is 92.8. The number of carboxylic acids is 1. The summed E-state index contributed by atoms with van der Waals surface area (Å²) in [6.07, 6.45) is 3.73. The largest absolute Gasteiger partial charge is 0.487 e. The van der Waals surface area contributed by atoms with Gasteiger partial charge in [0.1, 0.15) is 72.7 Å². The lowest BCUT2D eigenvalue weighted by Crippen LogP contribution is -2.36. The Morgan fingerprint density at radius 1 is 0.484 bits per heavy atom. The molecule has 18 rings (SSSR count). The highest BCUT2D eigenvalue weighted by Gasteiger charge is 2.34. The van der Waals surface area contributed by atoms with Crippen LogP contribution in [-0.4, -0.2) is 138 Å². The molecule has 0 radical (unpaired) electrons. The van der Waals surface area contributed by atoms with E-state index in [1.165, 1.54) is 48.6 Å². The molecule has 10 aromatic heterocycles. The molecular weight excluding hydrogens is 1790 g/mol. The lowest BCUT2D eigenvalue weighted by Gasteiger charge is -2.19. The SMILES string of the molecule is CCc1sc2c(c1C)C(=N)NC(=O)C2.CCn1c(=O)nc(N)c2c(C)c(C)sc21.COc1cc2c(s1)CC(=O)NC2=N.Cc1c(C(=O)O)sc2c1C(=N)NC(=O)C2.Cc1c(C(=O)OC(C)(C)C)sc2c1C(=N)NC(=O)C2.Cc1c(CO)sc2c1C(=N)NC(=O)C2.Cc1cc2c(s1)CC(=O)NC2=N.Cc1sc2c(c1C)C(=N)NC(=O)C2.NC1=NC(=O)Cc2sccc21. The second-order valence-corrected chi connectivity index (χ2v) is 40.4. The van der Waals surface area contributed by atoms with E-state index in [4.69, 9.17) is 69.0 Å². The van der Waals surface area contributed by atoms with Crippen LogP contribution in [0.5, 0.6) is 5.06 Å². The van der Waals surface area contributed by atoms with E-state index < -0.39 is 17.5 Å². The minimum Gasteiger partial charge on any atom is -0.487 e. The number of rotatable bonds is 6. The predicted molar refractivity (Wildman–Crippen MR) is 495 cm³/mol. The van der Waals surface area contributed by atoms with E-state index in [-0.39, 0.29) is 118 Å². The van der Waals surface area contributed by atoms with Crippen LogP contribution in [0.4, 0.5) is 5.82 Å². The van der Waals surface area contributed by atoms with Crippen molar-refractivity contribution in [3.63, 3.8) is 0 Å². The van der Waals surface area contributed by atoms with Gasteiger partial charge in [-0.2, -0.15) is 9.98 Å². The highest BCUT2D eigenvalue weighted by molar-refractivity contribution is 7.19. The van der Waals surface area contributed by atoms with Crippen LogP contribution in [0.25, 0.3) is 10.2 Å². The van der Waals surface area contributed by atoms with Gasteiger partial charge in [0.2, 0.25) is 41.4 Å². The summed E-state index contributed by atoms with van der Waals surface area (Å²) in [6, 6.07) is 5.62. The zero-order valence-corrected chi connectivity index (χ0v) is 78.3.